The van der Waals surface area contributed by atoms with Gasteiger partial charge in [0, 0.05) is 0 Å². The Hall–Kier alpha value is -3.29. The molecular formula is C18H21N3O5. The Labute approximate surface area is 150 Å². The number of ether oxygens (including phenoxy) is 1. The van der Waals surface area contributed by atoms with Gasteiger partial charge in [-0.05, 0) is 31.2 Å². The van der Waals surface area contributed by atoms with Gasteiger partial charge >= 0.3 is 0 Å². The molecule has 0 bridgehead atoms. The molecule has 0 saturated carbocycles. The molecule has 1 aromatic carbocycles. The fraction of sp³-hybridized carbons (Fsp3) is 0.278. The van der Waals surface area contributed by atoms with Crippen molar-refractivity contribution in [3.63, 3.8) is 0 Å². The first-order valence-electron chi connectivity index (χ1n) is 8.09. The third kappa shape index (κ3) is 6.68. The van der Waals surface area contributed by atoms with Crippen molar-refractivity contribution in [1.82, 2.24) is 16.0 Å². The highest BCUT2D eigenvalue weighted by molar-refractivity contribution is 5.94. The van der Waals surface area contributed by atoms with Gasteiger partial charge in [-0.2, -0.15) is 0 Å². The summed E-state index contributed by atoms with van der Waals surface area (Å²) >= 11 is 0. The molecule has 8 heteroatoms. The van der Waals surface area contributed by atoms with Crippen LogP contribution in [0.3, 0.4) is 0 Å². The molecule has 3 N–H and O–H groups in total. The largest absolute Gasteiger partial charge is 0.492 e. The van der Waals surface area contributed by atoms with E-state index in [1.807, 2.05) is 31.2 Å². The van der Waals surface area contributed by atoms with Gasteiger partial charge in [-0.25, -0.2) is 0 Å². The first-order valence-corrected chi connectivity index (χ1v) is 8.09. The lowest BCUT2D eigenvalue weighted by molar-refractivity contribution is -0.125. The van der Waals surface area contributed by atoms with Crippen LogP contribution in [0.15, 0.2) is 47.1 Å². The second-order valence-corrected chi connectivity index (χ2v) is 5.45. The number of benzene rings is 1. The zero-order valence-electron chi connectivity index (χ0n) is 14.4. The molecule has 0 radical (unpaired) electrons. The zero-order valence-corrected chi connectivity index (χ0v) is 14.4. The van der Waals surface area contributed by atoms with Crippen molar-refractivity contribution >= 4 is 17.7 Å². The maximum atomic E-state index is 11.6. The van der Waals surface area contributed by atoms with E-state index in [9.17, 15) is 14.4 Å². The number of aryl methyl sites for hydroxylation is 1. The summed E-state index contributed by atoms with van der Waals surface area (Å²) in [6.07, 6.45) is 1.36. The quantitative estimate of drug-likeness (QED) is 0.569. The number of hydrogen-bond acceptors (Lipinski definition) is 5. The highest BCUT2D eigenvalue weighted by Crippen LogP contribution is 2.10. The fourth-order valence-corrected chi connectivity index (χ4v) is 1.95. The third-order valence-electron chi connectivity index (χ3n) is 3.31. The van der Waals surface area contributed by atoms with Crippen molar-refractivity contribution in [2.45, 2.75) is 6.92 Å². The first kappa shape index (κ1) is 19.0. The summed E-state index contributed by atoms with van der Waals surface area (Å²) in [5.41, 5.74) is 1.14. The maximum absolute atomic E-state index is 11.6. The molecule has 0 aliphatic carbocycles. The van der Waals surface area contributed by atoms with E-state index in [4.69, 9.17) is 9.15 Å². The van der Waals surface area contributed by atoms with Gasteiger partial charge in [-0.15, -0.1) is 0 Å². The molecule has 0 unspecified atom stereocenters. The molecule has 1 aromatic heterocycles. The Kier molecular flexibility index (Phi) is 7.23. The molecule has 0 spiro atoms. The molecule has 2 rings (SSSR count). The summed E-state index contributed by atoms with van der Waals surface area (Å²) in [5.74, 6) is -0.475. The predicted molar refractivity (Wildman–Crippen MR) is 93.7 cm³/mol. The molecule has 0 atom stereocenters. The van der Waals surface area contributed by atoms with Gasteiger partial charge in [0.25, 0.3) is 5.91 Å². The summed E-state index contributed by atoms with van der Waals surface area (Å²) in [6, 6.07) is 10.6. The summed E-state index contributed by atoms with van der Waals surface area (Å²) in [6.45, 7) is 2.20. The maximum Gasteiger partial charge on any atom is 0.287 e. The minimum Gasteiger partial charge on any atom is -0.492 e. The Bertz CT molecular complexity index is 726. The van der Waals surface area contributed by atoms with Gasteiger partial charge in [-0.1, -0.05) is 17.7 Å². The Morgan fingerprint density at radius 1 is 0.962 bits per heavy atom. The number of hydrogen-bond donors (Lipinski definition) is 3. The number of nitrogens with one attached hydrogen (secondary N) is 3. The molecule has 1 heterocycles. The van der Waals surface area contributed by atoms with Gasteiger partial charge in [0.1, 0.15) is 12.4 Å². The third-order valence-corrected chi connectivity index (χ3v) is 3.31. The Balaban J connectivity index is 1.54. The molecule has 3 amide bonds. The summed E-state index contributed by atoms with van der Waals surface area (Å²) in [7, 11) is 0. The van der Waals surface area contributed by atoms with Crippen LogP contribution < -0.4 is 20.7 Å². The lowest BCUT2D eigenvalue weighted by Gasteiger charge is -2.09. The number of carbonyl (C=O) groups is 3. The van der Waals surface area contributed by atoms with E-state index in [1.54, 1.807) is 6.07 Å². The van der Waals surface area contributed by atoms with Crippen molar-refractivity contribution in [1.29, 1.82) is 0 Å². The smallest absolute Gasteiger partial charge is 0.287 e. The summed E-state index contributed by atoms with van der Waals surface area (Å²) in [4.78, 5) is 34.8. The molecule has 26 heavy (non-hydrogen) atoms. The van der Waals surface area contributed by atoms with Crippen LogP contribution in [0.4, 0.5) is 0 Å². The second-order valence-electron chi connectivity index (χ2n) is 5.45. The van der Waals surface area contributed by atoms with Crippen LogP contribution in [-0.4, -0.2) is 44.0 Å². The van der Waals surface area contributed by atoms with Crippen LogP contribution in [0.2, 0.25) is 0 Å². The van der Waals surface area contributed by atoms with Gasteiger partial charge < -0.3 is 25.1 Å². The van der Waals surface area contributed by atoms with E-state index >= 15 is 0 Å². The highest BCUT2D eigenvalue weighted by Gasteiger charge is 2.10. The lowest BCUT2D eigenvalue weighted by atomic mass is 10.2. The van der Waals surface area contributed by atoms with Gasteiger partial charge in [0.2, 0.25) is 11.8 Å². The SMILES string of the molecule is Cc1ccc(OCCNC(=O)CNC(=O)CNC(=O)c2ccco2)cc1. The monoisotopic (exact) mass is 359 g/mol. The van der Waals surface area contributed by atoms with Gasteiger partial charge in [0.05, 0.1) is 25.9 Å². The van der Waals surface area contributed by atoms with E-state index in [1.165, 1.54) is 12.3 Å². The van der Waals surface area contributed by atoms with Crippen molar-refractivity contribution in [3.8, 4) is 5.75 Å². The Morgan fingerprint density at radius 3 is 2.35 bits per heavy atom. The molecule has 0 saturated heterocycles. The second kappa shape index (κ2) is 9.87. The number of furan rings is 1. The molecule has 138 valence electrons. The average Bonchev–Trinajstić information content (AvgIpc) is 3.18. The molecule has 2 aromatic rings. The minimum atomic E-state index is -0.497. The first-order chi connectivity index (χ1) is 12.5. The zero-order chi connectivity index (χ0) is 18.8. The molecule has 0 aliphatic rings. The van der Waals surface area contributed by atoms with Crippen LogP contribution in [0.25, 0.3) is 0 Å². The van der Waals surface area contributed by atoms with Crippen molar-refractivity contribution in [3.05, 3.63) is 54.0 Å². The topological polar surface area (TPSA) is 110 Å². The van der Waals surface area contributed by atoms with Crippen LogP contribution in [0.1, 0.15) is 16.1 Å². The number of rotatable bonds is 9. The fourth-order valence-electron chi connectivity index (χ4n) is 1.95. The van der Waals surface area contributed by atoms with E-state index in [0.717, 1.165) is 11.3 Å². The van der Waals surface area contributed by atoms with E-state index in [0.29, 0.717) is 13.2 Å². The molecule has 8 nitrogen and oxygen atoms in total. The summed E-state index contributed by atoms with van der Waals surface area (Å²) < 4.78 is 10.4. The molecular weight excluding hydrogens is 338 g/mol. The van der Waals surface area contributed by atoms with Crippen LogP contribution in [-0.2, 0) is 9.59 Å². The molecule has 0 aliphatic heterocycles. The van der Waals surface area contributed by atoms with Crippen molar-refractivity contribution in [2.24, 2.45) is 0 Å². The minimum absolute atomic E-state index is 0.115. The Morgan fingerprint density at radius 2 is 1.65 bits per heavy atom. The van der Waals surface area contributed by atoms with E-state index in [-0.39, 0.29) is 24.8 Å². The van der Waals surface area contributed by atoms with Crippen molar-refractivity contribution < 1.29 is 23.5 Å². The van der Waals surface area contributed by atoms with Gasteiger partial charge in [0.15, 0.2) is 5.76 Å². The summed E-state index contributed by atoms with van der Waals surface area (Å²) in [5, 5.41) is 7.42. The standard InChI is InChI=1S/C18H21N3O5/c1-13-4-6-14(7-5-13)25-10-8-19-16(22)11-20-17(23)12-21-18(24)15-3-2-9-26-15/h2-7,9H,8,10-12H2,1H3,(H,19,22)(H,20,23)(H,21,24). The van der Waals surface area contributed by atoms with E-state index in [2.05, 4.69) is 16.0 Å². The van der Waals surface area contributed by atoms with Gasteiger partial charge in [-0.3, -0.25) is 14.4 Å². The number of carbonyl (C=O) groups excluding carboxylic acids is 3. The number of amides is 3. The molecule has 0 fully saturated rings. The van der Waals surface area contributed by atoms with Crippen LogP contribution >= 0.6 is 0 Å². The van der Waals surface area contributed by atoms with Crippen LogP contribution in [0, 0.1) is 6.92 Å². The highest BCUT2D eigenvalue weighted by atomic mass is 16.5. The van der Waals surface area contributed by atoms with Crippen molar-refractivity contribution in [2.75, 3.05) is 26.2 Å². The normalized spacial score (nSPS) is 10.0. The predicted octanol–water partition coefficient (Wildman–Crippen LogP) is 0.629. The van der Waals surface area contributed by atoms with Crippen LogP contribution in [0.5, 0.6) is 5.75 Å². The van der Waals surface area contributed by atoms with E-state index < -0.39 is 11.8 Å². The lowest BCUT2D eigenvalue weighted by Crippen LogP contribution is -2.42. The average molecular weight is 359 g/mol.